The topological polar surface area (TPSA) is 35.2 Å². The summed E-state index contributed by atoms with van der Waals surface area (Å²) in [6.45, 7) is 3.87. The van der Waals surface area contributed by atoms with Crippen molar-refractivity contribution in [3.63, 3.8) is 0 Å². The molecule has 2 aromatic rings. The molecule has 0 radical (unpaired) electrons. The smallest absolute Gasteiger partial charge is 0.129 e. The summed E-state index contributed by atoms with van der Waals surface area (Å²) in [5.74, 6) is 0.428. The largest absolute Gasteiger partial charge is 0.496 e. The molecule has 4 heteroatoms. The van der Waals surface area contributed by atoms with Crippen LogP contribution in [0.25, 0.3) is 0 Å². The molecule has 0 aliphatic carbocycles. The quantitative estimate of drug-likeness (QED) is 0.922. The average molecular weight is 294 g/mol. The maximum absolute atomic E-state index is 13.9. The summed E-state index contributed by atoms with van der Waals surface area (Å²) < 4.78 is 19.3. The highest BCUT2D eigenvalue weighted by Gasteiger charge is 2.18. The van der Waals surface area contributed by atoms with Crippen molar-refractivity contribution in [3.05, 3.63) is 63.4 Å². The minimum absolute atomic E-state index is 0.318. The number of ether oxygens (including phenoxy) is 1. The molecule has 0 aromatic heterocycles. The molecule has 1 atom stereocenters. The fourth-order valence-corrected chi connectivity index (χ4v) is 2.74. The van der Waals surface area contributed by atoms with Crippen LogP contribution in [0, 0.1) is 19.7 Å². The van der Waals surface area contributed by atoms with Crippen LogP contribution in [-0.2, 0) is 0 Å². The van der Waals surface area contributed by atoms with Crippen LogP contribution in [0.3, 0.4) is 0 Å². The molecule has 0 saturated carbocycles. The van der Waals surface area contributed by atoms with Crippen molar-refractivity contribution in [2.45, 2.75) is 19.9 Å². The highest BCUT2D eigenvalue weighted by molar-refractivity contribution is 6.31. The standard InChI is InChI=1S/C16H17ClFNO/c1-9-7-11(8-10(2)16(9)20-3)15(19)14-12(17)5-4-6-13(14)18/h4-8,15H,19H2,1-3H3. The third kappa shape index (κ3) is 2.65. The number of hydrogen-bond acceptors (Lipinski definition) is 2. The van der Waals surface area contributed by atoms with Crippen molar-refractivity contribution in [1.82, 2.24) is 0 Å². The third-order valence-electron chi connectivity index (χ3n) is 3.36. The summed E-state index contributed by atoms with van der Waals surface area (Å²) in [6, 6.07) is 7.77. The first-order chi connectivity index (χ1) is 9.45. The first-order valence-electron chi connectivity index (χ1n) is 6.30. The van der Waals surface area contributed by atoms with Gasteiger partial charge in [-0.15, -0.1) is 0 Å². The Labute approximate surface area is 123 Å². The summed E-state index contributed by atoms with van der Waals surface area (Å²) in [4.78, 5) is 0. The van der Waals surface area contributed by atoms with Gasteiger partial charge in [-0.25, -0.2) is 4.39 Å². The summed E-state index contributed by atoms with van der Waals surface area (Å²) >= 11 is 6.07. The molecule has 0 saturated heterocycles. The normalized spacial score (nSPS) is 12.3. The molecule has 0 spiro atoms. The van der Waals surface area contributed by atoms with Crippen molar-refractivity contribution >= 4 is 11.6 Å². The Morgan fingerprint density at radius 2 is 1.80 bits per heavy atom. The van der Waals surface area contributed by atoms with Crippen molar-refractivity contribution < 1.29 is 9.13 Å². The van der Waals surface area contributed by atoms with E-state index in [9.17, 15) is 4.39 Å². The van der Waals surface area contributed by atoms with E-state index in [2.05, 4.69) is 0 Å². The van der Waals surface area contributed by atoms with Gasteiger partial charge < -0.3 is 10.5 Å². The number of benzene rings is 2. The molecular weight excluding hydrogens is 277 g/mol. The second-order valence-corrected chi connectivity index (χ2v) is 5.21. The van der Waals surface area contributed by atoms with Gasteiger partial charge in [0, 0.05) is 10.6 Å². The number of rotatable bonds is 3. The molecule has 0 heterocycles. The Balaban J connectivity index is 2.52. The lowest BCUT2D eigenvalue weighted by molar-refractivity contribution is 0.408. The van der Waals surface area contributed by atoms with Crippen molar-refractivity contribution in [2.24, 2.45) is 5.73 Å². The Bertz CT molecular complexity index is 599. The molecule has 20 heavy (non-hydrogen) atoms. The molecule has 106 valence electrons. The summed E-state index contributed by atoms with van der Waals surface area (Å²) in [5, 5.41) is 0.337. The van der Waals surface area contributed by atoms with Crippen molar-refractivity contribution in [2.75, 3.05) is 7.11 Å². The number of aryl methyl sites for hydroxylation is 2. The van der Waals surface area contributed by atoms with Crippen molar-refractivity contribution in [1.29, 1.82) is 0 Å². The van der Waals surface area contributed by atoms with Gasteiger partial charge in [0.2, 0.25) is 0 Å². The van der Waals surface area contributed by atoms with Gasteiger partial charge in [-0.3, -0.25) is 0 Å². The minimum atomic E-state index is -0.605. The summed E-state index contributed by atoms with van der Waals surface area (Å²) in [5.41, 5.74) is 9.24. The van der Waals surface area contributed by atoms with E-state index >= 15 is 0 Å². The second kappa shape index (κ2) is 5.81. The van der Waals surface area contributed by atoms with Crippen LogP contribution in [0.4, 0.5) is 4.39 Å². The van der Waals surface area contributed by atoms with E-state index in [1.165, 1.54) is 6.07 Å². The Kier molecular flexibility index (Phi) is 4.31. The molecule has 0 aliphatic rings. The van der Waals surface area contributed by atoms with E-state index in [4.69, 9.17) is 22.1 Å². The molecule has 2 nitrogen and oxygen atoms in total. The lowest BCUT2D eigenvalue weighted by atomic mass is 9.95. The van der Waals surface area contributed by atoms with Gasteiger partial charge in [0.25, 0.3) is 0 Å². The Hall–Kier alpha value is -1.58. The fourth-order valence-electron chi connectivity index (χ4n) is 2.46. The molecule has 2 aromatic carbocycles. The Morgan fingerprint density at radius 3 is 2.30 bits per heavy atom. The van der Waals surface area contributed by atoms with Gasteiger partial charge in [-0.05, 0) is 42.7 Å². The van der Waals surface area contributed by atoms with E-state index in [0.717, 1.165) is 22.4 Å². The van der Waals surface area contributed by atoms with Crippen LogP contribution in [0.15, 0.2) is 30.3 Å². The van der Waals surface area contributed by atoms with Crippen LogP contribution in [0.2, 0.25) is 5.02 Å². The highest BCUT2D eigenvalue weighted by atomic mass is 35.5. The maximum atomic E-state index is 13.9. The molecule has 0 aliphatic heterocycles. The first kappa shape index (κ1) is 14.8. The van der Waals surface area contributed by atoms with E-state index in [1.807, 2.05) is 26.0 Å². The molecular formula is C16H17ClFNO. The minimum Gasteiger partial charge on any atom is -0.496 e. The van der Waals surface area contributed by atoms with E-state index < -0.39 is 11.9 Å². The second-order valence-electron chi connectivity index (χ2n) is 4.80. The maximum Gasteiger partial charge on any atom is 0.129 e. The van der Waals surface area contributed by atoms with Crippen LogP contribution in [-0.4, -0.2) is 7.11 Å². The predicted octanol–water partition coefficient (Wildman–Crippen LogP) is 4.15. The number of nitrogens with two attached hydrogens (primary N) is 1. The van der Waals surface area contributed by atoms with Gasteiger partial charge in [0.05, 0.1) is 13.2 Å². The van der Waals surface area contributed by atoms with Crippen molar-refractivity contribution in [3.8, 4) is 5.75 Å². The molecule has 0 fully saturated rings. The van der Waals surface area contributed by atoms with E-state index in [-0.39, 0.29) is 0 Å². The van der Waals surface area contributed by atoms with Gasteiger partial charge in [0.15, 0.2) is 0 Å². The zero-order valence-corrected chi connectivity index (χ0v) is 12.5. The third-order valence-corrected chi connectivity index (χ3v) is 3.69. The van der Waals surface area contributed by atoms with Gasteiger partial charge in [-0.1, -0.05) is 29.8 Å². The highest BCUT2D eigenvalue weighted by Crippen LogP contribution is 2.32. The van der Waals surface area contributed by atoms with Crippen LogP contribution in [0.1, 0.15) is 28.3 Å². The van der Waals surface area contributed by atoms with Gasteiger partial charge >= 0.3 is 0 Å². The summed E-state index contributed by atoms with van der Waals surface area (Å²) in [6.07, 6.45) is 0. The van der Waals surface area contributed by atoms with Crippen LogP contribution >= 0.6 is 11.6 Å². The molecule has 2 N–H and O–H groups in total. The van der Waals surface area contributed by atoms with E-state index in [0.29, 0.717) is 10.6 Å². The van der Waals surface area contributed by atoms with E-state index in [1.54, 1.807) is 19.2 Å². The molecule has 1 unspecified atom stereocenters. The molecule has 0 amide bonds. The predicted molar refractivity (Wildman–Crippen MR) is 79.9 cm³/mol. The number of hydrogen-bond donors (Lipinski definition) is 1. The average Bonchev–Trinajstić information content (AvgIpc) is 2.37. The molecule has 0 bridgehead atoms. The first-order valence-corrected chi connectivity index (χ1v) is 6.68. The van der Waals surface area contributed by atoms with Crippen LogP contribution < -0.4 is 10.5 Å². The zero-order chi connectivity index (χ0) is 14.9. The summed E-state index contributed by atoms with van der Waals surface area (Å²) in [7, 11) is 1.63. The van der Waals surface area contributed by atoms with Gasteiger partial charge in [-0.2, -0.15) is 0 Å². The molecule has 2 rings (SSSR count). The Morgan fingerprint density at radius 1 is 1.20 bits per heavy atom. The lowest BCUT2D eigenvalue weighted by Crippen LogP contribution is -2.15. The lowest BCUT2D eigenvalue weighted by Gasteiger charge is -2.18. The van der Waals surface area contributed by atoms with Crippen LogP contribution in [0.5, 0.6) is 5.75 Å². The monoisotopic (exact) mass is 293 g/mol. The zero-order valence-electron chi connectivity index (χ0n) is 11.7. The van der Waals surface area contributed by atoms with Gasteiger partial charge in [0.1, 0.15) is 11.6 Å². The SMILES string of the molecule is COc1c(C)cc(C(N)c2c(F)cccc2Cl)cc1C. The number of halogens is 2. The fraction of sp³-hybridized carbons (Fsp3) is 0.250. The number of methoxy groups -OCH3 is 1.